The molecule has 0 saturated heterocycles. The molecule has 1 N–H and O–H groups in total. The molecule has 0 unspecified atom stereocenters. The number of para-hydroxylation sites is 3. The fourth-order valence-electron chi connectivity index (χ4n) is 4.08. The van der Waals surface area contributed by atoms with Crippen molar-refractivity contribution in [2.24, 2.45) is 4.99 Å². The molecule has 1 heterocycles. The molecule has 0 aliphatic rings. The highest BCUT2D eigenvalue weighted by Gasteiger charge is 2.14. The molecule has 190 valence electrons. The van der Waals surface area contributed by atoms with Gasteiger partial charge in [0.15, 0.2) is 11.5 Å². The Kier molecular flexibility index (Phi) is 7.36. The van der Waals surface area contributed by atoms with Gasteiger partial charge in [0.25, 0.3) is 0 Å². The first-order valence-electron chi connectivity index (χ1n) is 12.1. The second kappa shape index (κ2) is 11.3. The zero-order valence-electron chi connectivity index (χ0n) is 21.5. The van der Waals surface area contributed by atoms with E-state index in [2.05, 4.69) is 5.32 Å². The first kappa shape index (κ1) is 24.6. The fraction of sp³-hybridized carbons (Fsp3) is 0.0968. The zero-order valence-corrected chi connectivity index (χ0v) is 21.5. The predicted octanol–water partition coefficient (Wildman–Crippen LogP) is 7.06. The number of benzene rings is 4. The summed E-state index contributed by atoms with van der Waals surface area (Å²) in [6, 6.07) is 31.5. The number of rotatable bonds is 9. The van der Waals surface area contributed by atoms with Gasteiger partial charge in [0, 0.05) is 29.2 Å². The van der Waals surface area contributed by atoms with Crippen LogP contribution in [0.15, 0.2) is 108 Å². The van der Waals surface area contributed by atoms with Crippen molar-refractivity contribution in [1.29, 1.82) is 0 Å². The van der Waals surface area contributed by atoms with Crippen LogP contribution in [-0.4, -0.2) is 37.3 Å². The Bertz CT molecular complexity index is 1540. The van der Waals surface area contributed by atoms with Gasteiger partial charge in [-0.2, -0.15) is 5.10 Å². The Hall–Kier alpha value is -5.04. The summed E-state index contributed by atoms with van der Waals surface area (Å²) < 4.78 is 18.2. The average molecular weight is 505 g/mol. The summed E-state index contributed by atoms with van der Waals surface area (Å²) in [6.45, 7) is 0. The largest absolute Gasteiger partial charge is 0.495 e. The van der Waals surface area contributed by atoms with Gasteiger partial charge in [-0.25, -0.2) is 4.68 Å². The lowest BCUT2D eigenvalue weighted by Crippen LogP contribution is -1.95. The molecular weight excluding hydrogens is 476 g/mol. The van der Waals surface area contributed by atoms with E-state index in [9.17, 15) is 0 Å². The second-order valence-corrected chi connectivity index (χ2v) is 8.41. The maximum absolute atomic E-state index is 5.52. The lowest BCUT2D eigenvalue weighted by Gasteiger charge is -2.10. The van der Waals surface area contributed by atoms with E-state index in [1.165, 1.54) is 0 Å². The minimum absolute atomic E-state index is 0.639. The van der Waals surface area contributed by atoms with E-state index in [-0.39, 0.29) is 0 Å². The van der Waals surface area contributed by atoms with E-state index in [4.69, 9.17) is 24.3 Å². The van der Waals surface area contributed by atoms with Crippen LogP contribution >= 0.6 is 0 Å². The van der Waals surface area contributed by atoms with Gasteiger partial charge in [-0.05, 0) is 66.7 Å². The smallest absolute Gasteiger partial charge is 0.161 e. The molecule has 1 aromatic heterocycles. The minimum atomic E-state index is 0.639. The van der Waals surface area contributed by atoms with Gasteiger partial charge in [-0.1, -0.05) is 30.3 Å². The highest BCUT2D eigenvalue weighted by Crippen LogP contribution is 2.33. The summed E-state index contributed by atoms with van der Waals surface area (Å²) >= 11 is 0. The van der Waals surface area contributed by atoms with Crippen molar-refractivity contribution in [1.82, 2.24) is 9.78 Å². The predicted molar refractivity (Wildman–Crippen MR) is 152 cm³/mol. The van der Waals surface area contributed by atoms with Crippen LogP contribution in [0.1, 0.15) is 5.56 Å². The highest BCUT2D eigenvalue weighted by atomic mass is 16.5. The number of hydrogen-bond acceptors (Lipinski definition) is 6. The molecule has 0 aliphatic carbocycles. The van der Waals surface area contributed by atoms with Gasteiger partial charge in [0.2, 0.25) is 0 Å². The van der Waals surface area contributed by atoms with E-state index in [0.29, 0.717) is 11.5 Å². The molecular formula is C31H28N4O3. The van der Waals surface area contributed by atoms with E-state index >= 15 is 0 Å². The van der Waals surface area contributed by atoms with Gasteiger partial charge < -0.3 is 19.5 Å². The molecule has 5 rings (SSSR count). The number of nitrogens with one attached hydrogen (secondary N) is 1. The van der Waals surface area contributed by atoms with Crippen molar-refractivity contribution in [3.8, 4) is 34.2 Å². The second-order valence-electron chi connectivity index (χ2n) is 8.41. The molecule has 0 spiro atoms. The Balaban J connectivity index is 1.45. The number of ether oxygens (including phenoxy) is 3. The normalized spacial score (nSPS) is 10.9. The van der Waals surface area contributed by atoms with E-state index in [1.807, 2.05) is 114 Å². The molecule has 7 heteroatoms. The van der Waals surface area contributed by atoms with Crippen LogP contribution in [0.25, 0.3) is 16.9 Å². The van der Waals surface area contributed by atoms with Crippen LogP contribution in [0.3, 0.4) is 0 Å². The molecule has 4 aromatic carbocycles. The Labute approximate surface area is 222 Å². The summed E-state index contributed by atoms with van der Waals surface area (Å²) in [7, 11) is 4.91. The Morgan fingerprint density at radius 1 is 0.737 bits per heavy atom. The third kappa shape index (κ3) is 5.37. The van der Waals surface area contributed by atoms with Crippen molar-refractivity contribution in [3.63, 3.8) is 0 Å². The van der Waals surface area contributed by atoms with Crippen LogP contribution in [0.5, 0.6) is 17.2 Å². The summed E-state index contributed by atoms with van der Waals surface area (Å²) in [5.41, 5.74) is 6.18. The molecule has 0 atom stereocenters. The molecule has 0 saturated carbocycles. The van der Waals surface area contributed by atoms with E-state index in [0.717, 1.165) is 45.3 Å². The summed E-state index contributed by atoms with van der Waals surface area (Å²) in [6.07, 6.45) is 3.81. The summed E-state index contributed by atoms with van der Waals surface area (Å²) in [5.74, 6) is 2.09. The third-order valence-corrected chi connectivity index (χ3v) is 6.03. The highest BCUT2D eigenvalue weighted by molar-refractivity contribution is 5.90. The van der Waals surface area contributed by atoms with Crippen molar-refractivity contribution in [2.75, 3.05) is 26.6 Å². The van der Waals surface area contributed by atoms with Crippen molar-refractivity contribution in [3.05, 3.63) is 109 Å². The van der Waals surface area contributed by atoms with Crippen LogP contribution in [0.4, 0.5) is 17.1 Å². The first-order valence-corrected chi connectivity index (χ1v) is 12.1. The maximum atomic E-state index is 5.52. The maximum Gasteiger partial charge on any atom is 0.161 e. The molecule has 0 aliphatic heterocycles. The molecule has 38 heavy (non-hydrogen) atoms. The van der Waals surface area contributed by atoms with Crippen LogP contribution in [0.2, 0.25) is 0 Å². The van der Waals surface area contributed by atoms with Crippen molar-refractivity contribution < 1.29 is 14.2 Å². The Morgan fingerprint density at radius 3 is 2.18 bits per heavy atom. The molecule has 0 fully saturated rings. The number of hydrogen-bond donors (Lipinski definition) is 1. The van der Waals surface area contributed by atoms with Gasteiger partial charge in [0.05, 0.1) is 38.4 Å². The van der Waals surface area contributed by atoms with Crippen LogP contribution in [-0.2, 0) is 0 Å². The van der Waals surface area contributed by atoms with Crippen molar-refractivity contribution in [2.45, 2.75) is 0 Å². The van der Waals surface area contributed by atoms with Crippen LogP contribution < -0.4 is 19.5 Å². The minimum Gasteiger partial charge on any atom is -0.495 e. The van der Waals surface area contributed by atoms with Gasteiger partial charge in [-0.15, -0.1) is 0 Å². The number of anilines is 2. The lowest BCUT2D eigenvalue weighted by atomic mass is 10.1. The lowest BCUT2D eigenvalue weighted by molar-refractivity contribution is 0.355. The van der Waals surface area contributed by atoms with Crippen LogP contribution in [0, 0.1) is 0 Å². The standard InChI is InChI=1S/C31H28N4O3/c1-36-28-12-8-7-11-27(28)33-25-16-14-24(15-17-25)32-20-23-21-35(26-9-5-4-6-10-26)34-31(23)22-13-18-29(37-2)30(19-22)38-3/h4-21,33H,1-3H3. The average Bonchev–Trinajstić information content (AvgIpc) is 3.41. The topological polar surface area (TPSA) is 69.9 Å². The number of aliphatic imine (C=N–C) groups is 1. The molecule has 5 aromatic rings. The quantitative estimate of drug-likeness (QED) is 0.218. The number of nitrogens with zero attached hydrogens (tertiary/aromatic N) is 3. The van der Waals surface area contributed by atoms with E-state index < -0.39 is 0 Å². The number of aromatic nitrogens is 2. The first-order chi connectivity index (χ1) is 18.7. The Morgan fingerprint density at radius 2 is 1.45 bits per heavy atom. The van der Waals surface area contributed by atoms with Crippen molar-refractivity contribution >= 4 is 23.3 Å². The summed E-state index contributed by atoms with van der Waals surface area (Å²) in [5, 5.41) is 8.26. The van der Waals surface area contributed by atoms with Gasteiger partial charge in [-0.3, -0.25) is 4.99 Å². The summed E-state index contributed by atoms with van der Waals surface area (Å²) in [4.78, 5) is 4.74. The monoisotopic (exact) mass is 504 g/mol. The SMILES string of the molecule is COc1ccccc1Nc1ccc(N=Cc2cn(-c3ccccc3)nc2-c2ccc(OC)c(OC)c2)cc1. The van der Waals surface area contributed by atoms with Gasteiger partial charge in [0.1, 0.15) is 11.4 Å². The molecule has 0 bridgehead atoms. The van der Waals surface area contributed by atoms with E-state index in [1.54, 1.807) is 21.3 Å². The van der Waals surface area contributed by atoms with Gasteiger partial charge >= 0.3 is 0 Å². The fourth-order valence-corrected chi connectivity index (χ4v) is 4.08. The zero-order chi connectivity index (χ0) is 26.3. The molecule has 0 amide bonds. The molecule has 0 radical (unpaired) electrons. The number of methoxy groups -OCH3 is 3. The molecule has 7 nitrogen and oxygen atoms in total. The third-order valence-electron chi connectivity index (χ3n) is 6.03.